The van der Waals surface area contributed by atoms with E-state index >= 15 is 0 Å². The van der Waals surface area contributed by atoms with Crippen LogP contribution in [0.2, 0.25) is 0 Å². The molecule has 1 aromatic rings. The molecule has 1 aliphatic rings. The van der Waals surface area contributed by atoms with Gasteiger partial charge in [0.05, 0.1) is 0 Å². The molecule has 1 N–H and O–H groups in total. The van der Waals surface area contributed by atoms with Crippen LogP contribution in [0.5, 0.6) is 0 Å². The smallest absolute Gasteiger partial charge is 0.183 e. The van der Waals surface area contributed by atoms with E-state index in [4.69, 9.17) is 0 Å². The summed E-state index contributed by atoms with van der Waals surface area (Å²) in [5, 5.41) is 6.63. The van der Waals surface area contributed by atoms with E-state index in [-0.39, 0.29) is 0 Å². The lowest BCUT2D eigenvalue weighted by Gasteiger charge is -2.28. The summed E-state index contributed by atoms with van der Waals surface area (Å²) in [4.78, 5) is 4.38. The molecule has 2 rings (SSSR count). The molecule has 2 atom stereocenters. The van der Waals surface area contributed by atoms with E-state index in [1.165, 1.54) is 32.1 Å². The number of anilines is 1. The summed E-state index contributed by atoms with van der Waals surface area (Å²) in [6, 6.07) is 0.641. The van der Waals surface area contributed by atoms with Crippen molar-refractivity contribution in [1.29, 1.82) is 0 Å². The van der Waals surface area contributed by atoms with E-state index in [0.717, 1.165) is 15.7 Å². The summed E-state index contributed by atoms with van der Waals surface area (Å²) in [5.41, 5.74) is 0. The standard InChI is InChI=1S/C11H17BrN2S/c1-2-8-4-3-5-9(6-8)13-11-14-10(12)7-15-11/h7-9H,2-6H2,1H3,(H,13,14). The van der Waals surface area contributed by atoms with Crippen molar-refractivity contribution in [3.8, 4) is 0 Å². The van der Waals surface area contributed by atoms with Gasteiger partial charge in [0, 0.05) is 11.4 Å². The van der Waals surface area contributed by atoms with Crippen molar-refractivity contribution < 1.29 is 0 Å². The van der Waals surface area contributed by atoms with Crippen LogP contribution in [0.25, 0.3) is 0 Å². The number of thiazole rings is 1. The van der Waals surface area contributed by atoms with Gasteiger partial charge in [-0.05, 0) is 34.7 Å². The van der Waals surface area contributed by atoms with Gasteiger partial charge in [0.2, 0.25) is 0 Å². The summed E-state index contributed by atoms with van der Waals surface area (Å²) in [5.74, 6) is 0.916. The second-order valence-corrected chi connectivity index (χ2v) is 5.93. The minimum atomic E-state index is 0.641. The lowest BCUT2D eigenvalue weighted by atomic mass is 9.84. The topological polar surface area (TPSA) is 24.9 Å². The summed E-state index contributed by atoms with van der Waals surface area (Å²) >= 11 is 5.06. The number of hydrogen-bond donors (Lipinski definition) is 1. The number of hydrogen-bond acceptors (Lipinski definition) is 3. The van der Waals surface area contributed by atoms with Crippen molar-refractivity contribution in [3.05, 3.63) is 9.98 Å². The molecule has 0 saturated heterocycles. The molecule has 0 radical (unpaired) electrons. The van der Waals surface area contributed by atoms with Gasteiger partial charge in [-0.15, -0.1) is 11.3 Å². The molecule has 1 fully saturated rings. The SMILES string of the molecule is CCC1CCCC(Nc2nc(Br)cs2)C1. The zero-order valence-corrected chi connectivity index (χ0v) is 11.4. The van der Waals surface area contributed by atoms with E-state index in [9.17, 15) is 0 Å². The molecule has 1 aromatic heterocycles. The third-order valence-corrected chi connectivity index (χ3v) is 4.65. The van der Waals surface area contributed by atoms with Crippen molar-refractivity contribution in [1.82, 2.24) is 4.98 Å². The zero-order chi connectivity index (χ0) is 10.7. The van der Waals surface area contributed by atoms with Crippen LogP contribution in [0.1, 0.15) is 39.0 Å². The molecule has 0 aromatic carbocycles. The van der Waals surface area contributed by atoms with Crippen LogP contribution < -0.4 is 5.32 Å². The van der Waals surface area contributed by atoms with Gasteiger partial charge in [0.25, 0.3) is 0 Å². The lowest BCUT2D eigenvalue weighted by molar-refractivity contribution is 0.327. The maximum Gasteiger partial charge on any atom is 0.183 e. The minimum absolute atomic E-state index is 0.641. The normalized spacial score (nSPS) is 26.5. The molecule has 1 saturated carbocycles. The van der Waals surface area contributed by atoms with E-state index in [2.05, 4.69) is 33.2 Å². The predicted molar refractivity (Wildman–Crippen MR) is 69.5 cm³/mol. The fraction of sp³-hybridized carbons (Fsp3) is 0.727. The Morgan fingerprint density at radius 1 is 1.60 bits per heavy atom. The average Bonchev–Trinajstić information content (AvgIpc) is 2.64. The predicted octanol–water partition coefficient (Wildman–Crippen LogP) is 4.29. The van der Waals surface area contributed by atoms with Gasteiger partial charge in [-0.3, -0.25) is 0 Å². The van der Waals surface area contributed by atoms with Crippen molar-refractivity contribution in [2.45, 2.75) is 45.1 Å². The molecule has 0 aliphatic heterocycles. The van der Waals surface area contributed by atoms with Crippen molar-refractivity contribution >= 4 is 32.4 Å². The Balaban J connectivity index is 1.88. The highest BCUT2D eigenvalue weighted by Crippen LogP contribution is 2.29. The molecular weight excluding hydrogens is 272 g/mol. The Labute approximate surface area is 104 Å². The Hall–Kier alpha value is -0.0900. The van der Waals surface area contributed by atoms with E-state index in [1.807, 2.05) is 5.38 Å². The first-order valence-corrected chi connectivity index (χ1v) is 7.32. The quantitative estimate of drug-likeness (QED) is 0.898. The second kappa shape index (κ2) is 5.30. The van der Waals surface area contributed by atoms with Crippen LogP contribution >= 0.6 is 27.3 Å². The van der Waals surface area contributed by atoms with Crippen molar-refractivity contribution in [3.63, 3.8) is 0 Å². The van der Waals surface area contributed by atoms with Crippen LogP contribution in [0.3, 0.4) is 0 Å². The highest BCUT2D eigenvalue weighted by Gasteiger charge is 2.21. The summed E-state index contributed by atoms with van der Waals surface area (Å²) in [7, 11) is 0. The molecule has 15 heavy (non-hydrogen) atoms. The first kappa shape index (κ1) is 11.4. The van der Waals surface area contributed by atoms with Crippen molar-refractivity contribution in [2.75, 3.05) is 5.32 Å². The Morgan fingerprint density at radius 2 is 2.47 bits per heavy atom. The number of rotatable bonds is 3. The van der Waals surface area contributed by atoms with Crippen LogP contribution in [0.4, 0.5) is 5.13 Å². The maximum atomic E-state index is 4.38. The molecule has 84 valence electrons. The highest BCUT2D eigenvalue weighted by molar-refractivity contribution is 9.10. The Morgan fingerprint density at radius 3 is 3.13 bits per heavy atom. The molecular formula is C11H17BrN2S. The van der Waals surface area contributed by atoms with E-state index in [1.54, 1.807) is 11.3 Å². The first-order valence-electron chi connectivity index (χ1n) is 5.65. The molecule has 0 bridgehead atoms. The second-order valence-electron chi connectivity index (χ2n) is 4.26. The van der Waals surface area contributed by atoms with Crippen molar-refractivity contribution in [2.24, 2.45) is 5.92 Å². The van der Waals surface area contributed by atoms with Crippen LogP contribution in [-0.2, 0) is 0 Å². The third-order valence-electron chi connectivity index (χ3n) is 3.16. The van der Waals surface area contributed by atoms with Crippen LogP contribution in [-0.4, -0.2) is 11.0 Å². The first-order chi connectivity index (χ1) is 7.28. The summed E-state index contributed by atoms with van der Waals surface area (Å²) in [6.45, 7) is 2.30. The van der Waals surface area contributed by atoms with E-state index < -0.39 is 0 Å². The number of aromatic nitrogens is 1. The third kappa shape index (κ3) is 3.18. The van der Waals surface area contributed by atoms with Gasteiger partial charge in [-0.2, -0.15) is 0 Å². The van der Waals surface area contributed by atoms with Gasteiger partial charge in [-0.1, -0.05) is 26.2 Å². The maximum absolute atomic E-state index is 4.38. The molecule has 4 heteroatoms. The zero-order valence-electron chi connectivity index (χ0n) is 9.00. The fourth-order valence-electron chi connectivity index (χ4n) is 2.29. The summed E-state index contributed by atoms with van der Waals surface area (Å²) in [6.07, 6.45) is 6.71. The molecule has 0 amide bonds. The lowest BCUT2D eigenvalue weighted by Crippen LogP contribution is -2.26. The largest absolute Gasteiger partial charge is 0.359 e. The van der Waals surface area contributed by atoms with Gasteiger partial charge in [0.1, 0.15) is 4.60 Å². The molecule has 1 heterocycles. The molecule has 1 aliphatic carbocycles. The number of halogens is 1. The van der Waals surface area contributed by atoms with Gasteiger partial charge in [0.15, 0.2) is 5.13 Å². The Bertz CT molecular complexity index is 313. The molecule has 2 nitrogen and oxygen atoms in total. The van der Waals surface area contributed by atoms with Gasteiger partial charge < -0.3 is 5.32 Å². The molecule has 2 unspecified atom stereocenters. The monoisotopic (exact) mass is 288 g/mol. The average molecular weight is 289 g/mol. The van der Waals surface area contributed by atoms with E-state index in [0.29, 0.717) is 6.04 Å². The Kier molecular flexibility index (Phi) is 4.03. The summed E-state index contributed by atoms with van der Waals surface area (Å²) < 4.78 is 0.942. The molecule has 0 spiro atoms. The highest BCUT2D eigenvalue weighted by atomic mass is 79.9. The van der Waals surface area contributed by atoms with Gasteiger partial charge >= 0.3 is 0 Å². The van der Waals surface area contributed by atoms with Crippen LogP contribution in [0, 0.1) is 5.92 Å². The number of nitrogens with zero attached hydrogens (tertiary/aromatic N) is 1. The number of nitrogens with one attached hydrogen (secondary N) is 1. The fourth-order valence-corrected chi connectivity index (χ4v) is 3.51. The van der Waals surface area contributed by atoms with Crippen LogP contribution in [0.15, 0.2) is 9.98 Å². The minimum Gasteiger partial charge on any atom is -0.359 e. The van der Waals surface area contributed by atoms with Gasteiger partial charge in [-0.25, -0.2) is 4.98 Å².